The Morgan fingerprint density at radius 2 is 1.35 bits per heavy atom. The van der Waals surface area contributed by atoms with Gasteiger partial charge in [0.2, 0.25) is 0 Å². The summed E-state index contributed by atoms with van der Waals surface area (Å²) in [5, 5.41) is 8.59. The molecule has 0 saturated heterocycles. The zero-order valence-corrected chi connectivity index (χ0v) is 17.4. The Hall–Kier alpha value is -0.800. The summed E-state index contributed by atoms with van der Waals surface area (Å²) in [6.45, 7) is 7.71. The second-order valence-electron chi connectivity index (χ2n) is 7.06. The molecule has 1 N–H and O–H groups in total. The van der Waals surface area contributed by atoms with Gasteiger partial charge in [-0.15, -0.1) is 0 Å². The lowest BCUT2D eigenvalue weighted by Crippen LogP contribution is -2.06. The topological polar surface area (TPSA) is 38.7 Å². The first-order valence-electron chi connectivity index (χ1n) is 11.0. The molecule has 154 valence electrons. The van der Waals surface area contributed by atoms with Crippen molar-refractivity contribution in [1.29, 1.82) is 0 Å². The van der Waals surface area contributed by atoms with Crippen LogP contribution in [0.4, 0.5) is 0 Å². The molecule has 0 bridgehead atoms. The highest BCUT2D eigenvalue weighted by molar-refractivity contribution is 4.82. The quantitative estimate of drug-likeness (QED) is 0.142. The molecule has 26 heavy (non-hydrogen) atoms. The highest BCUT2D eigenvalue weighted by Crippen LogP contribution is 2.12. The first kappa shape index (κ1) is 25.2. The molecule has 0 aliphatic rings. The van der Waals surface area contributed by atoms with E-state index < -0.39 is 0 Å². The monoisotopic (exact) mass is 368 g/mol. The van der Waals surface area contributed by atoms with Crippen LogP contribution in [0, 0.1) is 0 Å². The van der Waals surface area contributed by atoms with Gasteiger partial charge in [0.15, 0.2) is 0 Å². The smallest absolute Gasteiger partial charge is 0.111 e. The number of hydrogen-bond donors (Lipinski definition) is 1. The standard InChI is InChI=1S/C23H44O3/c1-3-4-5-6-7-8-9-10-11-12-13-14-15-16-17-18-23(2)26-22-21-25-20-19-24/h10-11,24H,2-9,12-22H2,1H3/b11-10-. The molecule has 0 atom stereocenters. The normalized spacial score (nSPS) is 11.3. The van der Waals surface area contributed by atoms with Crippen molar-refractivity contribution < 1.29 is 14.6 Å². The molecule has 0 aliphatic carbocycles. The maximum Gasteiger partial charge on any atom is 0.111 e. The predicted molar refractivity (Wildman–Crippen MR) is 112 cm³/mol. The van der Waals surface area contributed by atoms with Gasteiger partial charge in [0, 0.05) is 6.42 Å². The summed E-state index contributed by atoms with van der Waals surface area (Å²) < 4.78 is 10.6. The fourth-order valence-corrected chi connectivity index (χ4v) is 2.88. The minimum atomic E-state index is 0.0653. The lowest BCUT2D eigenvalue weighted by Gasteiger charge is -2.09. The van der Waals surface area contributed by atoms with E-state index in [0.29, 0.717) is 19.8 Å². The minimum Gasteiger partial charge on any atom is -0.496 e. The second kappa shape index (κ2) is 22.2. The Kier molecular flexibility index (Phi) is 21.6. The van der Waals surface area contributed by atoms with E-state index in [9.17, 15) is 0 Å². The van der Waals surface area contributed by atoms with Gasteiger partial charge in [-0.05, 0) is 32.1 Å². The second-order valence-corrected chi connectivity index (χ2v) is 7.06. The molecular formula is C23H44O3. The van der Waals surface area contributed by atoms with Gasteiger partial charge in [-0.2, -0.15) is 0 Å². The third kappa shape index (κ3) is 21.2. The zero-order valence-electron chi connectivity index (χ0n) is 17.4. The molecule has 0 aromatic rings. The molecule has 0 spiro atoms. The Balaban J connectivity index is 3.18. The molecule has 3 nitrogen and oxygen atoms in total. The lowest BCUT2D eigenvalue weighted by molar-refractivity contribution is 0.0523. The molecule has 0 radical (unpaired) electrons. The minimum absolute atomic E-state index is 0.0653. The number of ether oxygens (including phenoxy) is 2. The molecule has 0 rings (SSSR count). The van der Waals surface area contributed by atoms with Gasteiger partial charge in [-0.1, -0.05) is 77.0 Å². The largest absolute Gasteiger partial charge is 0.496 e. The summed E-state index contributed by atoms with van der Waals surface area (Å²) in [5.41, 5.74) is 0. The highest BCUT2D eigenvalue weighted by Gasteiger charge is 1.97. The van der Waals surface area contributed by atoms with Crippen molar-refractivity contribution in [3.8, 4) is 0 Å². The summed E-state index contributed by atoms with van der Waals surface area (Å²) in [4.78, 5) is 0. The van der Waals surface area contributed by atoms with Crippen LogP contribution in [0.3, 0.4) is 0 Å². The van der Waals surface area contributed by atoms with Gasteiger partial charge in [0.1, 0.15) is 6.61 Å². The fraction of sp³-hybridized carbons (Fsp3) is 0.826. The first-order valence-corrected chi connectivity index (χ1v) is 11.0. The summed E-state index contributed by atoms with van der Waals surface area (Å²) >= 11 is 0. The van der Waals surface area contributed by atoms with Crippen molar-refractivity contribution in [2.45, 2.75) is 96.8 Å². The van der Waals surface area contributed by atoms with E-state index in [2.05, 4.69) is 25.7 Å². The van der Waals surface area contributed by atoms with Crippen LogP contribution in [0.1, 0.15) is 96.8 Å². The third-order valence-corrected chi connectivity index (χ3v) is 4.49. The molecule has 0 saturated carbocycles. The number of aliphatic hydroxyl groups is 1. The van der Waals surface area contributed by atoms with Gasteiger partial charge in [0.25, 0.3) is 0 Å². The number of aliphatic hydroxyl groups excluding tert-OH is 1. The van der Waals surface area contributed by atoms with Crippen LogP contribution >= 0.6 is 0 Å². The predicted octanol–water partition coefficient (Wildman–Crippen LogP) is 6.56. The molecule has 0 fully saturated rings. The van der Waals surface area contributed by atoms with Crippen LogP contribution in [0.2, 0.25) is 0 Å². The van der Waals surface area contributed by atoms with Gasteiger partial charge < -0.3 is 14.6 Å². The van der Waals surface area contributed by atoms with Gasteiger partial charge in [0.05, 0.1) is 25.6 Å². The van der Waals surface area contributed by atoms with Crippen LogP contribution in [-0.4, -0.2) is 31.5 Å². The van der Waals surface area contributed by atoms with E-state index in [0.717, 1.165) is 18.6 Å². The van der Waals surface area contributed by atoms with E-state index in [-0.39, 0.29) is 6.61 Å². The molecule has 0 heterocycles. The maximum atomic E-state index is 8.59. The lowest BCUT2D eigenvalue weighted by atomic mass is 10.1. The van der Waals surface area contributed by atoms with Crippen molar-refractivity contribution in [3.63, 3.8) is 0 Å². The van der Waals surface area contributed by atoms with Crippen molar-refractivity contribution in [2.75, 3.05) is 26.4 Å². The van der Waals surface area contributed by atoms with E-state index in [1.54, 1.807) is 0 Å². The van der Waals surface area contributed by atoms with Crippen LogP contribution in [0.25, 0.3) is 0 Å². The fourth-order valence-electron chi connectivity index (χ4n) is 2.88. The van der Waals surface area contributed by atoms with Gasteiger partial charge in [-0.3, -0.25) is 0 Å². The SMILES string of the molecule is C=C(CCCCCCC/C=C\CCCCCCCC)OCCOCCO. The summed E-state index contributed by atoms with van der Waals surface area (Å²) in [6, 6.07) is 0. The van der Waals surface area contributed by atoms with Gasteiger partial charge in [-0.25, -0.2) is 0 Å². The maximum absolute atomic E-state index is 8.59. The Labute approximate surface area is 162 Å². The van der Waals surface area contributed by atoms with E-state index in [1.807, 2.05) is 0 Å². The van der Waals surface area contributed by atoms with Crippen LogP contribution in [0.15, 0.2) is 24.5 Å². The highest BCUT2D eigenvalue weighted by atomic mass is 16.5. The molecule has 0 aromatic carbocycles. The average molecular weight is 369 g/mol. The molecule has 0 aliphatic heterocycles. The number of hydrogen-bond acceptors (Lipinski definition) is 3. The molecular weight excluding hydrogens is 324 g/mol. The van der Waals surface area contributed by atoms with Crippen LogP contribution < -0.4 is 0 Å². The van der Waals surface area contributed by atoms with E-state index >= 15 is 0 Å². The Bertz CT molecular complexity index is 313. The van der Waals surface area contributed by atoms with Crippen LogP contribution in [-0.2, 0) is 9.47 Å². The molecule has 0 amide bonds. The first-order chi connectivity index (χ1) is 12.8. The third-order valence-electron chi connectivity index (χ3n) is 4.49. The zero-order chi connectivity index (χ0) is 19.1. The summed E-state index contributed by atoms with van der Waals surface area (Å²) in [5.74, 6) is 0.857. The number of allylic oxidation sites excluding steroid dienone is 3. The Morgan fingerprint density at radius 1 is 0.769 bits per heavy atom. The Morgan fingerprint density at radius 3 is 1.96 bits per heavy atom. The average Bonchev–Trinajstić information content (AvgIpc) is 2.64. The molecule has 3 heteroatoms. The van der Waals surface area contributed by atoms with Gasteiger partial charge >= 0.3 is 0 Å². The number of rotatable bonds is 21. The molecule has 0 aromatic heterocycles. The van der Waals surface area contributed by atoms with Crippen molar-refractivity contribution in [1.82, 2.24) is 0 Å². The van der Waals surface area contributed by atoms with Crippen molar-refractivity contribution in [3.05, 3.63) is 24.5 Å². The molecule has 0 unspecified atom stereocenters. The summed E-state index contributed by atoms with van der Waals surface area (Å²) in [6.07, 6.45) is 22.9. The van der Waals surface area contributed by atoms with Crippen molar-refractivity contribution >= 4 is 0 Å². The van der Waals surface area contributed by atoms with Crippen molar-refractivity contribution in [2.24, 2.45) is 0 Å². The van der Waals surface area contributed by atoms with Crippen LogP contribution in [0.5, 0.6) is 0 Å². The van der Waals surface area contributed by atoms with E-state index in [1.165, 1.54) is 77.0 Å². The number of unbranched alkanes of at least 4 members (excludes halogenated alkanes) is 11. The van der Waals surface area contributed by atoms with E-state index in [4.69, 9.17) is 14.6 Å². The summed E-state index contributed by atoms with van der Waals surface area (Å²) in [7, 11) is 0.